The fourth-order valence-electron chi connectivity index (χ4n) is 4.04. The van der Waals surface area contributed by atoms with Crippen molar-refractivity contribution in [3.05, 3.63) is 82.4 Å². The van der Waals surface area contributed by atoms with Crippen LogP contribution >= 0.6 is 22.9 Å². The third kappa shape index (κ3) is 3.84. The van der Waals surface area contributed by atoms with Crippen molar-refractivity contribution in [1.82, 2.24) is 9.97 Å². The average Bonchev–Trinajstić information content (AvgIpc) is 3.41. The number of pyridine rings is 1. The molecule has 5 rings (SSSR count). The number of carbonyl (C=O) groups excluding carboxylic acids is 2. The van der Waals surface area contributed by atoms with Gasteiger partial charge in [0.2, 0.25) is 0 Å². The minimum Gasteiger partial charge on any atom is -0.507 e. The summed E-state index contributed by atoms with van der Waals surface area (Å²) in [5, 5.41) is 11.3. The summed E-state index contributed by atoms with van der Waals surface area (Å²) in [5.74, 6) is -2.03. The van der Waals surface area contributed by atoms with Crippen LogP contribution in [0.3, 0.4) is 0 Å². The number of aromatic nitrogens is 2. The van der Waals surface area contributed by atoms with E-state index in [1.165, 1.54) is 49.7 Å². The molecule has 36 heavy (non-hydrogen) atoms. The van der Waals surface area contributed by atoms with Crippen LogP contribution in [0.1, 0.15) is 17.2 Å². The Morgan fingerprint density at radius 2 is 1.81 bits per heavy atom. The van der Waals surface area contributed by atoms with Gasteiger partial charge in [-0.2, -0.15) is 0 Å². The van der Waals surface area contributed by atoms with E-state index in [4.69, 9.17) is 21.1 Å². The second-order valence-corrected chi connectivity index (χ2v) is 9.17. The maximum atomic E-state index is 14.0. The van der Waals surface area contributed by atoms with Gasteiger partial charge in [-0.3, -0.25) is 19.5 Å². The third-order valence-electron chi connectivity index (χ3n) is 5.75. The second kappa shape index (κ2) is 9.21. The Hall–Kier alpha value is -4.02. The first-order valence-corrected chi connectivity index (χ1v) is 11.7. The first kappa shape index (κ1) is 23.7. The van der Waals surface area contributed by atoms with Crippen molar-refractivity contribution in [3.8, 4) is 11.5 Å². The predicted octanol–water partition coefficient (Wildman–Crippen LogP) is 5.13. The van der Waals surface area contributed by atoms with E-state index in [-0.39, 0.29) is 21.3 Å². The number of fused-ring (bicyclic) bond motifs is 1. The fraction of sp³-hybridized carbons (Fsp3) is 0.120. The lowest BCUT2D eigenvalue weighted by Crippen LogP contribution is -2.29. The van der Waals surface area contributed by atoms with Crippen LogP contribution in [-0.2, 0) is 9.59 Å². The number of aliphatic hydroxyl groups excluding tert-OH is 1. The Kier molecular flexibility index (Phi) is 6.07. The fourth-order valence-corrected chi connectivity index (χ4v) is 5.20. The highest BCUT2D eigenvalue weighted by Crippen LogP contribution is 2.45. The highest BCUT2D eigenvalue weighted by molar-refractivity contribution is 7.22. The van der Waals surface area contributed by atoms with Crippen LogP contribution in [0.25, 0.3) is 16.0 Å². The van der Waals surface area contributed by atoms with Crippen LogP contribution in [0.2, 0.25) is 5.02 Å². The van der Waals surface area contributed by atoms with Crippen molar-refractivity contribution in [3.63, 3.8) is 0 Å². The van der Waals surface area contributed by atoms with E-state index in [1.54, 1.807) is 24.3 Å². The number of carbonyl (C=O) groups is 2. The Bertz CT molecular complexity index is 1520. The second-order valence-electron chi connectivity index (χ2n) is 7.75. The molecular formula is C25H17ClFN3O5S. The maximum Gasteiger partial charge on any atom is 0.301 e. The third-order valence-corrected chi connectivity index (χ3v) is 7.06. The Labute approximate surface area is 213 Å². The van der Waals surface area contributed by atoms with Gasteiger partial charge in [0.05, 0.1) is 41.1 Å². The van der Waals surface area contributed by atoms with Gasteiger partial charge in [0.25, 0.3) is 5.78 Å². The van der Waals surface area contributed by atoms with Crippen molar-refractivity contribution in [2.45, 2.75) is 6.04 Å². The summed E-state index contributed by atoms with van der Waals surface area (Å²) in [6.07, 6.45) is 3.03. The van der Waals surface area contributed by atoms with Crippen molar-refractivity contribution in [2.24, 2.45) is 0 Å². The number of benzene rings is 2. The molecule has 1 fully saturated rings. The average molecular weight is 526 g/mol. The van der Waals surface area contributed by atoms with E-state index < -0.39 is 29.3 Å². The van der Waals surface area contributed by atoms with Gasteiger partial charge in [0.15, 0.2) is 16.6 Å². The Morgan fingerprint density at radius 1 is 1.08 bits per heavy atom. The van der Waals surface area contributed by atoms with Gasteiger partial charge in [0.1, 0.15) is 11.6 Å². The molecule has 1 unspecified atom stereocenters. The van der Waals surface area contributed by atoms with Crippen molar-refractivity contribution in [2.75, 3.05) is 19.1 Å². The smallest absolute Gasteiger partial charge is 0.301 e. The number of hydrogen-bond donors (Lipinski definition) is 1. The van der Waals surface area contributed by atoms with Gasteiger partial charge in [-0.05, 0) is 48.0 Å². The number of nitrogens with zero attached hydrogens (tertiary/aromatic N) is 3. The summed E-state index contributed by atoms with van der Waals surface area (Å²) < 4.78 is 25.0. The molecule has 2 aromatic carbocycles. The number of halogens is 2. The molecule has 8 nitrogen and oxygen atoms in total. The number of aliphatic hydroxyl groups is 1. The number of amides is 1. The molecule has 0 bridgehead atoms. The monoisotopic (exact) mass is 525 g/mol. The Balaban J connectivity index is 1.71. The number of Topliss-reactive ketones (excluding diaryl/α,β-unsaturated/α-hetero) is 1. The molecule has 4 aromatic rings. The molecule has 0 spiro atoms. The van der Waals surface area contributed by atoms with Crippen LogP contribution < -0.4 is 14.4 Å². The molecule has 0 aliphatic carbocycles. The van der Waals surface area contributed by atoms with Crippen LogP contribution in [0.5, 0.6) is 11.5 Å². The number of anilines is 1. The summed E-state index contributed by atoms with van der Waals surface area (Å²) >= 11 is 6.93. The van der Waals surface area contributed by atoms with Crippen molar-refractivity contribution < 1.29 is 28.6 Å². The van der Waals surface area contributed by atoms with Crippen LogP contribution in [-0.4, -0.2) is 41.0 Å². The number of hydrogen-bond acceptors (Lipinski definition) is 8. The molecule has 1 aliphatic rings. The maximum absolute atomic E-state index is 14.0. The largest absolute Gasteiger partial charge is 0.507 e. The quantitative estimate of drug-likeness (QED) is 0.219. The first-order chi connectivity index (χ1) is 17.3. The standard InChI is InChI=1S/C25H17ClFN3O5S/c1-34-17-4-3-13(9-18(17)35-2)22(31)20-21(12-5-7-28-8-6-12)30(24(33)23(20)32)25-29-16-10-14(26)15(27)11-19(16)36-25/h3-11,21,31H,1-2H3/b22-20+. The minimum atomic E-state index is -1.01. The molecule has 3 heterocycles. The summed E-state index contributed by atoms with van der Waals surface area (Å²) in [7, 11) is 2.92. The first-order valence-electron chi connectivity index (χ1n) is 10.5. The lowest BCUT2D eigenvalue weighted by atomic mass is 9.96. The highest BCUT2D eigenvalue weighted by Gasteiger charge is 2.48. The number of ether oxygens (including phenoxy) is 2. The molecule has 1 amide bonds. The molecule has 1 aliphatic heterocycles. The summed E-state index contributed by atoms with van der Waals surface area (Å²) in [6, 6.07) is 9.47. The molecule has 182 valence electrons. The molecule has 0 radical (unpaired) electrons. The minimum absolute atomic E-state index is 0.111. The van der Waals surface area contributed by atoms with E-state index in [0.29, 0.717) is 27.3 Å². The van der Waals surface area contributed by atoms with Gasteiger partial charge < -0.3 is 14.6 Å². The van der Waals surface area contributed by atoms with E-state index in [2.05, 4.69) is 9.97 Å². The van der Waals surface area contributed by atoms with Gasteiger partial charge in [-0.25, -0.2) is 9.37 Å². The molecule has 11 heteroatoms. The zero-order valence-corrected chi connectivity index (χ0v) is 20.4. The summed E-state index contributed by atoms with van der Waals surface area (Å²) in [4.78, 5) is 36.3. The summed E-state index contributed by atoms with van der Waals surface area (Å²) in [6.45, 7) is 0. The van der Waals surface area contributed by atoms with E-state index in [0.717, 1.165) is 11.3 Å². The highest BCUT2D eigenvalue weighted by atomic mass is 35.5. The van der Waals surface area contributed by atoms with Crippen LogP contribution in [0, 0.1) is 5.82 Å². The predicted molar refractivity (Wildman–Crippen MR) is 133 cm³/mol. The number of methoxy groups -OCH3 is 2. The lowest BCUT2D eigenvalue weighted by Gasteiger charge is -2.22. The molecule has 1 atom stereocenters. The van der Waals surface area contributed by atoms with Gasteiger partial charge in [-0.15, -0.1) is 0 Å². The number of rotatable bonds is 5. The summed E-state index contributed by atoms with van der Waals surface area (Å²) in [5.41, 5.74) is 1.01. The van der Waals surface area contributed by atoms with Gasteiger partial charge >= 0.3 is 5.91 Å². The molecular weight excluding hydrogens is 509 g/mol. The Morgan fingerprint density at radius 3 is 2.50 bits per heavy atom. The molecule has 1 N–H and O–H groups in total. The number of thiazole rings is 1. The molecule has 2 aromatic heterocycles. The zero-order chi connectivity index (χ0) is 25.6. The van der Waals surface area contributed by atoms with E-state index in [1.807, 2.05) is 0 Å². The van der Waals surface area contributed by atoms with Gasteiger partial charge in [-0.1, -0.05) is 22.9 Å². The normalized spacial score (nSPS) is 17.1. The zero-order valence-electron chi connectivity index (χ0n) is 18.9. The van der Waals surface area contributed by atoms with E-state index in [9.17, 15) is 19.1 Å². The molecule has 0 saturated carbocycles. The van der Waals surface area contributed by atoms with Crippen LogP contribution in [0.15, 0.2) is 60.4 Å². The molecule has 1 saturated heterocycles. The topological polar surface area (TPSA) is 102 Å². The van der Waals surface area contributed by atoms with E-state index >= 15 is 0 Å². The van der Waals surface area contributed by atoms with Crippen molar-refractivity contribution in [1.29, 1.82) is 0 Å². The lowest BCUT2D eigenvalue weighted by molar-refractivity contribution is -0.132. The SMILES string of the molecule is COc1ccc(/C(O)=C2\C(=O)C(=O)N(c3nc4cc(Cl)c(F)cc4s3)C2c2ccncc2)cc1OC. The van der Waals surface area contributed by atoms with Crippen LogP contribution in [0.4, 0.5) is 9.52 Å². The van der Waals surface area contributed by atoms with Gasteiger partial charge in [0, 0.05) is 18.0 Å². The number of ketones is 1. The van der Waals surface area contributed by atoms with Crippen molar-refractivity contribution >= 4 is 55.7 Å².